The Balaban J connectivity index is 2.13. The number of hydrogen-bond acceptors (Lipinski definition) is 3. The van der Waals surface area contributed by atoms with Crippen molar-refractivity contribution >= 4 is 21.9 Å². The van der Waals surface area contributed by atoms with Gasteiger partial charge in [-0.1, -0.05) is 28.1 Å². The Hall–Kier alpha value is -2.06. The van der Waals surface area contributed by atoms with Crippen molar-refractivity contribution in [2.45, 2.75) is 31.1 Å². The highest BCUT2D eigenvalue weighted by molar-refractivity contribution is 9.10. The standard InChI is InChI=1S/C20H19BrF3NO3/c1-28-17-9-8-14(21)11-15(17)18(25-10-2-3-16(25)19(26)27)12-4-6-13(7-5-12)20(22,23)24/h4-9,11,16,18H,2-3,10H2,1H3,(H,26,27). The summed E-state index contributed by atoms with van der Waals surface area (Å²) in [6.07, 6.45) is -3.24. The van der Waals surface area contributed by atoms with Gasteiger partial charge in [0.15, 0.2) is 0 Å². The Morgan fingerprint density at radius 2 is 1.93 bits per heavy atom. The van der Waals surface area contributed by atoms with Crippen LogP contribution in [0.5, 0.6) is 5.75 Å². The van der Waals surface area contributed by atoms with Crippen molar-refractivity contribution in [3.63, 3.8) is 0 Å². The third-order valence-corrected chi connectivity index (χ3v) is 5.44. The molecule has 0 saturated carbocycles. The number of methoxy groups -OCH3 is 1. The fourth-order valence-electron chi connectivity index (χ4n) is 3.69. The molecule has 2 unspecified atom stereocenters. The van der Waals surface area contributed by atoms with E-state index in [1.54, 1.807) is 12.1 Å². The van der Waals surface area contributed by atoms with E-state index in [2.05, 4.69) is 15.9 Å². The van der Waals surface area contributed by atoms with Crippen molar-refractivity contribution in [3.8, 4) is 5.75 Å². The average molecular weight is 458 g/mol. The fraction of sp³-hybridized carbons (Fsp3) is 0.350. The van der Waals surface area contributed by atoms with Crippen LogP contribution in [-0.4, -0.2) is 35.7 Å². The molecule has 2 aromatic rings. The summed E-state index contributed by atoms with van der Waals surface area (Å²) in [7, 11) is 1.51. The number of hydrogen-bond donors (Lipinski definition) is 1. The molecule has 2 aromatic carbocycles. The van der Waals surface area contributed by atoms with Gasteiger partial charge in [-0.3, -0.25) is 9.69 Å². The van der Waals surface area contributed by atoms with Crippen molar-refractivity contribution in [2.75, 3.05) is 13.7 Å². The summed E-state index contributed by atoms with van der Waals surface area (Å²) in [5, 5.41) is 9.63. The molecule has 2 atom stereocenters. The molecule has 8 heteroatoms. The number of ether oxygens (including phenoxy) is 1. The molecule has 1 saturated heterocycles. The van der Waals surface area contributed by atoms with E-state index in [1.807, 2.05) is 11.0 Å². The Labute approximate surface area is 169 Å². The highest BCUT2D eigenvalue weighted by Gasteiger charge is 2.38. The molecule has 0 radical (unpaired) electrons. The molecule has 1 fully saturated rings. The third-order valence-electron chi connectivity index (χ3n) is 4.95. The Bertz CT molecular complexity index is 855. The third kappa shape index (κ3) is 4.17. The lowest BCUT2D eigenvalue weighted by Crippen LogP contribution is -2.39. The fourth-order valence-corrected chi connectivity index (χ4v) is 4.07. The molecule has 1 aliphatic rings. The summed E-state index contributed by atoms with van der Waals surface area (Å²) in [5.74, 6) is -0.396. The smallest absolute Gasteiger partial charge is 0.416 e. The number of carbonyl (C=O) groups is 1. The number of aliphatic carboxylic acids is 1. The molecule has 0 amide bonds. The first-order valence-electron chi connectivity index (χ1n) is 8.71. The molecule has 28 heavy (non-hydrogen) atoms. The van der Waals surface area contributed by atoms with Crippen molar-refractivity contribution < 1.29 is 27.8 Å². The molecule has 0 aromatic heterocycles. The van der Waals surface area contributed by atoms with Gasteiger partial charge in [0.1, 0.15) is 11.8 Å². The minimum Gasteiger partial charge on any atom is -0.496 e. The maximum absolute atomic E-state index is 13.0. The average Bonchev–Trinajstić information content (AvgIpc) is 3.11. The normalized spacial score (nSPS) is 18.8. The van der Waals surface area contributed by atoms with Crippen LogP contribution in [0.1, 0.15) is 35.6 Å². The lowest BCUT2D eigenvalue weighted by atomic mass is 9.94. The van der Waals surface area contributed by atoms with Crippen LogP contribution in [0.3, 0.4) is 0 Å². The summed E-state index contributed by atoms with van der Waals surface area (Å²) in [4.78, 5) is 13.6. The Morgan fingerprint density at radius 1 is 1.25 bits per heavy atom. The second-order valence-electron chi connectivity index (χ2n) is 6.64. The van der Waals surface area contributed by atoms with Gasteiger partial charge in [0.25, 0.3) is 0 Å². The van der Waals surface area contributed by atoms with Crippen LogP contribution in [0, 0.1) is 0 Å². The SMILES string of the molecule is COc1ccc(Br)cc1C(c1ccc(C(F)(F)F)cc1)N1CCCC1C(=O)O. The van der Waals surface area contributed by atoms with E-state index in [9.17, 15) is 23.1 Å². The maximum atomic E-state index is 13.0. The van der Waals surface area contributed by atoms with Crippen LogP contribution in [0.2, 0.25) is 0 Å². The van der Waals surface area contributed by atoms with Gasteiger partial charge in [-0.05, 0) is 48.7 Å². The van der Waals surface area contributed by atoms with Crippen LogP contribution in [-0.2, 0) is 11.0 Å². The second kappa shape index (κ2) is 8.13. The molecule has 3 rings (SSSR count). The first kappa shape index (κ1) is 20.7. The van der Waals surface area contributed by atoms with E-state index in [-0.39, 0.29) is 0 Å². The van der Waals surface area contributed by atoms with E-state index in [0.29, 0.717) is 36.3 Å². The van der Waals surface area contributed by atoms with E-state index in [0.717, 1.165) is 16.6 Å². The number of nitrogens with zero attached hydrogens (tertiary/aromatic N) is 1. The van der Waals surface area contributed by atoms with E-state index in [4.69, 9.17) is 4.74 Å². The maximum Gasteiger partial charge on any atom is 0.416 e. The minimum absolute atomic E-state index is 0.489. The molecule has 1 N–H and O–H groups in total. The van der Waals surface area contributed by atoms with Gasteiger partial charge in [-0.25, -0.2) is 0 Å². The topological polar surface area (TPSA) is 49.8 Å². The van der Waals surface area contributed by atoms with Crippen LogP contribution in [0.15, 0.2) is 46.9 Å². The monoisotopic (exact) mass is 457 g/mol. The van der Waals surface area contributed by atoms with E-state index in [1.165, 1.54) is 19.2 Å². The van der Waals surface area contributed by atoms with Gasteiger partial charge in [0.05, 0.1) is 18.7 Å². The van der Waals surface area contributed by atoms with Gasteiger partial charge in [-0.2, -0.15) is 13.2 Å². The van der Waals surface area contributed by atoms with Crippen LogP contribution in [0.25, 0.3) is 0 Å². The van der Waals surface area contributed by atoms with E-state index < -0.39 is 29.8 Å². The molecule has 4 nitrogen and oxygen atoms in total. The largest absolute Gasteiger partial charge is 0.496 e. The van der Waals surface area contributed by atoms with Crippen molar-refractivity contribution in [3.05, 3.63) is 63.6 Å². The first-order chi connectivity index (χ1) is 13.2. The molecule has 0 bridgehead atoms. The Morgan fingerprint density at radius 3 is 2.50 bits per heavy atom. The van der Waals surface area contributed by atoms with Crippen molar-refractivity contribution in [2.24, 2.45) is 0 Å². The number of likely N-dealkylation sites (tertiary alicyclic amines) is 1. The first-order valence-corrected chi connectivity index (χ1v) is 9.51. The van der Waals surface area contributed by atoms with Gasteiger partial charge in [0, 0.05) is 16.6 Å². The van der Waals surface area contributed by atoms with Gasteiger partial charge in [0.2, 0.25) is 0 Å². The predicted octanol–water partition coefficient (Wildman–Crippen LogP) is 5.11. The van der Waals surface area contributed by atoms with Gasteiger partial charge in [-0.15, -0.1) is 0 Å². The summed E-state index contributed by atoms with van der Waals surface area (Å²) >= 11 is 3.42. The van der Waals surface area contributed by atoms with Gasteiger partial charge < -0.3 is 9.84 Å². The zero-order chi connectivity index (χ0) is 20.5. The summed E-state index contributed by atoms with van der Waals surface area (Å²) in [5.41, 5.74) is 0.537. The lowest BCUT2D eigenvalue weighted by Gasteiger charge is -2.33. The second-order valence-corrected chi connectivity index (χ2v) is 7.56. The highest BCUT2D eigenvalue weighted by Crippen LogP contribution is 2.41. The zero-order valence-electron chi connectivity index (χ0n) is 15.0. The molecular formula is C20H19BrF3NO3. The minimum atomic E-state index is -4.43. The Kier molecular flexibility index (Phi) is 6.00. The number of alkyl halides is 3. The number of halogens is 4. The van der Waals surface area contributed by atoms with Crippen molar-refractivity contribution in [1.29, 1.82) is 0 Å². The molecule has 1 aliphatic heterocycles. The quantitative estimate of drug-likeness (QED) is 0.677. The summed E-state index contributed by atoms with van der Waals surface area (Å²) in [6, 6.07) is 8.98. The number of rotatable bonds is 5. The van der Waals surface area contributed by atoms with Crippen LogP contribution < -0.4 is 4.74 Å². The van der Waals surface area contributed by atoms with Crippen molar-refractivity contribution in [1.82, 2.24) is 4.90 Å². The molecule has 0 spiro atoms. The van der Waals surface area contributed by atoms with Crippen LogP contribution >= 0.6 is 15.9 Å². The summed E-state index contributed by atoms with van der Waals surface area (Å²) in [6.45, 7) is 0.526. The molecule has 0 aliphatic carbocycles. The number of carboxylic acids is 1. The molecule has 1 heterocycles. The lowest BCUT2D eigenvalue weighted by molar-refractivity contribution is -0.142. The van der Waals surface area contributed by atoms with Gasteiger partial charge >= 0.3 is 12.1 Å². The molecular weight excluding hydrogens is 439 g/mol. The summed E-state index contributed by atoms with van der Waals surface area (Å²) < 4.78 is 45.1. The zero-order valence-corrected chi connectivity index (χ0v) is 16.6. The molecule has 150 valence electrons. The predicted molar refractivity (Wildman–Crippen MR) is 101 cm³/mol. The highest BCUT2D eigenvalue weighted by atomic mass is 79.9. The number of carboxylic acid groups (broad SMARTS) is 1. The number of benzene rings is 2. The van der Waals surface area contributed by atoms with E-state index >= 15 is 0 Å². The van der Waals surface area contributed by atoms with Crippen LogP contribution in [0.4, 0.5) is 13.2 Å².